The van der Waals surface area contributed by atoms with Crippen molar-refractivity contribution < 1.29 is 0 Å². The van der Waals surface area contributed by atoms with Crippen molar-refractivity contribution in [3.05, 3.63) is 0 Å². The van der Waals surface area contributed by atoms with E-state index in [4.69, 9.17) is 0 Å². The van der Waals surface area contributed by atoms with E-state index in [9.17, 15) is 0 Å². The molecule has 0 rings (SSSR count). The van der Waals surface area contributed by atoms with Crippen molar-refractivity contribution in [1.29, 1.82) is 0 Å². The molecule has 0 bridgehead atoms. The van der Waals surface area contributed by atoms with Gasteiger partial charge in [-0.3, -0.25) is 0 Å². The Bertz CT molecular complexity index is 320. The van der Waals surface area contributed by atoms with Crippen LogP contribution < -0.4 is 0 Å². The van der Waals surface area contributed by atoms with Gasteiger partial charge in [-0.15, -0.1) is 0 Å². The van der Waals surface area contributed by atoms with Gasteiger partial charge < -0.3 is 0 Å². The van der Waals surface area contributed by atoms with Crippen LogP contribution in [0.25, 0.3) is 0 Å². The van der Waals surface area contributed by atoms with Crippen LogP contribution in [0.2, 0.25) is 0 Å². The second kappa shape index (κ2) is 27.2. The smallest absolute Gasteiger partial charge is 0.0443 e. The van der Waals surface area contributed by atoms with Gasteiger partial charge in [0.05, 0.1) is 0 Å². The van der Waals surface area contributed by atoms with Crippen molar-refractivity contribution in [2.24, 2.45) is 11.8 Å². The highest BCUT2D eigenvalue weighted by molar-refractivity contribution is 4.58. The third kappa shape index (κ3) is 26.3. The fourth-order valence-electron chi connectivity index (χ4n) is 5.23. The molecule has 0 saturated carbocycles. The molecule has 0 fully saturated rings. The molecular formula is C32H66. The van der Waals surface area contributed by atoms with Crippen LogP contribution in [-0.4, -0.2) is 0 Å². The lowest BCUT2D eigenvalue weighted by atomic mass is 9.95. The monoisotopic (exact) mass is 451 g/mol. The highest BCUT2D eigenvalue weighted by atomic mass is 14.1. The molecule has 0 heterocycles. The molecule has 32 heavy (non-hydrogen) atoms. The molecule has 0 spiro atoms. The first-order valence-electron chi connectivity index (χ1n) is 15.7. The van der Waals surface area contributed by atoms with Crippen molar-refractivity contribution in [2.75, 3.05) is 0 Å². The SMILES string of the molecule is CCCCCCCCCCCCC(C)CCCCCCCCCC(C)CCCCCCC. The van der Waals surface area contributed by atoms with E-state index in [1.165, 1.54) is 167 Å². The van der Waals surface area contributed by atoms with Gasteiger partial charge in [0.2, 0.25) is 0 Å². The summed E-state index contributed by atoms with van der Waals surface area (Å²) in [5.41, 5.74) is 0. The van der Waals surface area contributed by atoms with E-state index in [2.05, 4.69) is 27.7 Å². The minimum absolute atomic E-state index is 0.965. The van der Waals surface area contributed by atoms with Gasteiger partial charge in [-0.05, 0) is 11.8 Å². The maximum Gasteiger partial charge on any atom is -0.0443 e. The van der Waals surface area contributed by atoms with Crippen molar-refractivity contribution in [2.45, 2.75) is 195 Å². The first-order valence-corrected chi connectivity index (χ1v) is 15.7. The van der Waals surface area contributed by atoms with Gasteiger partial charge in [0.1, 0.15) is 0 Å². The molecule has 2 atom stereocenters. The Morgan fingerprint density at radius 1 is 0.281 bits per heavy atom. The second-order valence-corrected chi connectivity index (χ2v) is 11.4. The molecule has 0 heteroatoms. The summed E-state index contributed by atoms with van der Waals surface area (Å²) in [5, 5.41) is 0. The lowest BCUT2D eigenvalue weighted by molar-refractivity contribution is 0.422. The van der Waals surface area contributed by atoms with Crippen LogP contribution in [0.4, 0.5) is 0 Å². The van der Waals surface area contributed by atoms with Gasteiger partial charge in [-0.2, -0.15) is 0 Å². The third-order valence-corrected chi connectivity index (χ3v) is 7.74. The maximum absolute atomic E-state index is 2.50. The van der Waals surface area contributed by atoms with Crippen LogP contribution in [0.15, 0.2) is 0 Å². The fourth-order valence-corrected chi connectivity index (χ4v) is 5.23. The first kappa shape index (κ1) is 32.0. The standard InChI is InChI=1S/C32H66/c1-5-7-9-11-12-13-14-16-20-24-29-32(4)30-26-22-18-15-17-21-25-28-31(3)27-23-19-10-8-6-2/h31-32H,5-30H2,1-4H3. The zero-order chi connectivity index (χ0) is 23.5. The van der Waals surface area contributed by atoms with E-state index in [1.807, 2.05) is 0 Å². The molecular weight excluding hydrogens is 384 g/mol. The van der Waals surface area contributed by atoms with Crippen LogP contribution in [0.5, 0.6) is 0 Å². The fraction of sp³-hybridized carbons (Fsp3) is 1.00. The summed E-state index contributed by atoms with van der Waals surface area (Å²) in [6.45, 7) is 9.60. The molecule has 0 radical (unpaired) electrons. The van der Waals surface area contributed by atoms with Crippen molar-refractivity contribution in [3.8, 4) is 0 Å². The summed E-state index contributed by atoms with van der Waals surface area (Å²) in [6, 6.07) is 0. The van der Waals surface area contributed by atoms with Gasteiger partial charge in [-0.25, -0.2) is 0 Å². The zero-order valence-corrected chi connectivity index (χ0v) is 23.5. The average Bonchev–Trinajstić information content (AvgIpc) is 2.79. The molecule has 0 N–H and O–H groups in total. The van der Waals surface area contributed by atoms with Crippen LogP contribution in [-0.2, 0) is 0 Å². The molecule has 194 valence electrons. The van der Waals surface area contributed by atoms with E-state index >= 15 is 0 Å². The van der Waals surface area contributed by atoms with Gasteiger partial charge in [0, 0.05) is 0 Å². The molecule has 0 aromatic rings. The van der Waals surface area contributed by atoms with Crippen molar-refractivity contribution in [1.82, 2.24) is 0 Å². The Morgan fingerprint density at radius 3 is 0.688 bits per heavy atom. The molecule has 0 nitrogen and oxygen atoms in total. The number of hydrogen-bond acceptors (Lipinski definition) is 0. The van der Waals surface area contributed by atoms with Crippen molar-refractivity contribution in [3.63, 3.8) is 0 Å². The molecule has 2 unspecified atom stereocenters. The summed E-state index contributed by atoms with van der Waals surface area (Å²) in [5.74, 6) is 1.93. The van der Waals surface area contributed by atoms with E-state index in [0.29, 0.717) is 0 Å². The second-order valence-electron chi connectivity index (χ2n) is 11.4. The lowest BCUT2D eigenvalue weighted by Crippen LogP contribution is -1.96. The highest BCUT2D eigenvalue weighted by Gasteiger charge is 2.04. The van der Waals surface area contributed by atoms with Crippen LogP contribution in [0.1, 0.15) is 195 Å². The van der Waals surface area contributed by atoms with Gasteiger partial charge in [-0.1, -0.05) is 195 Å². The van der Waals surface area contributed by atoms with Gasteiger partial charge >= 0.3 is 0 Å². The molecule has 0 saturated heterocycles. The zero-order valence-electron chi connectivity index (χ0n) is 23.5. The third-order valence-electron chi connectivity index (χ3n) is 7.74. The summed E-state index contributed by atoms with van der Waals surface area (Å²) >= 11 is 0. The highest BCUT2D eigenvalue weighted by Crippen LogP contribution is 2.20. The maximum atomic E-state index is 2.50. The summed E-state index contributed by atoms with van der Waals surface area (Å²) < 4.78 is 0. The molecule has 0 aromatic heterocycles. The summed E-state index contributed by atoms with van der Waals surface area (Å²) in [6.07, 6.45) is 38.1. The Labute approximate surface area is 206 Å². The van der Waals surface area contributed by atoms with E-state index in [0.717, 1.165) is 11.8 Å². The summed E-state index contributed by atoms with van der Waals surface area (Å²) in [4.78, 5) is 0. The summed E-state index contributed by atoms with van der Waals surface area (Å²) in [7, 11) is 0. The largest absolute Gasteiger partial charge is 0.0654 e. The number of unbranched alkanes of at least 4 members (excludes halogenated alkanes) is 19. The van der Waals surface area contributed by atoms with E-state index in [-0.39, 0.29) is 0 Å². The molecule has 0 aliphatic rings. The Morgan fingerprint density at radius 2 is 0.469 bits per heavy atom. The Balaban J connectivity index is 3.22. The van der Waals surface area contributed by atoms with Crippen molar-refractivity contribution >= 4 is 0 Å². The van der Waals surface area contributed by atoms with E-state index < -0.39 is 0 Å². The predicted octanol–water partition coefficient (Wildman–Crippen LogP) is 12.4. The van der Waals surface area contributed by atoms with E-state index in [1.54, 1.807) is 0 Å². The Hall–Kier alpha value is 0. The minimum atomic E-state index is 0.965. The molecule has 0 amide bonds. The lowest BCUT2D eigenvalue weighted by Gasteiger charge is -2.12. The predicted molar refractivity (Wildman–Crippen MR) is 150 cm³/mol. The topological polar surface area (TPSA) is 0 Å². The quantitative estimate of drug-likeness (QED) is 0.109. The molecule has 0 aromatic carbocycles. The first-order chi connectivity index (χ1) is 15.7. The van der Waals surface area contributed by atoms with Crippen LogP contribution in [0.3, 0.4) is 0 Å². The van der Waals surface area contributed by atoms with Gasteiger partial charge in [0.25, 0.3) is 0 Å². The number of hydrogen-bond donors (Lipinski definition) is 0. The Kier molecular flexibility index (Phi) is 27.2. The van der Waals surface area contributed by atoms with Crippen LogP contribution in [0, 0.1) is 11.8 Å². The molecule has 0 aliphatic carbocycles. The number of rotatable bonds is 27. The minimum Gasteiger partial charge on any atom is -0.0654 e. The normalized spacial score (nSPS) is 13.5. The van der Waals surface area contributed by atoms with Crippen LogP contribution >= 0.6 is 0 Å². The van der Waals surface area contributed by atoms with Gasteiger partial charge in [0.15, 0.2) is 0 Å². The molecule has 0 aliphatic heterocycles. The average molecular weight is 451 g/mol.